The van der Waals surface area contributed by atoms with Crippen molar-refractivity contribution in [1.29, 1.82) is 0 Å². The van der Waals surface area contributed by atoms with Gasteiger partial charge in [-0.15, -0.1) is 0 Å². The third kappa shape index (κ3) is 62.3. The van der Waals surface area contributed by atoms with Crippen molar-refractivity contribution in [2.45, 2.75) is 0 Å². The first-order valence-electron chi connectivity index (χ1n) is 0. The Bertz CT molecular complexity index is 11.2. The van der Waals surface area contributed by atoms with Crippen molar-refractivity contribution in [3.63, 3.8) is 0 Å². The third-order valence-electron chi connectivity index (χ3n) is 0. The molecule has 0 aromatic rings. The zero-order chi connectivity index (χ0) is 0. The van der Waals surface area contributed by atoms with E-state index in [4.69, 9.17) is 0 Å². The Morgan fingerprint density at radius 2 is 0.375 bits per heavy atom. The van der Waals surface area contributed by atoms with Gasteiger partial charge in [0.2, 0.25) is 0 Å². The molecule has 0 bridgehead atoms. The molecule has 8 heteroatoms. The molecule has 0 rings (SSSR count). The van der Waals surface area contributed by atoms with Crippen LogP contribution in [0.25, 0.3) is 0 Å². The Balaban J connectivity index is 0. The van der Waals surface area contributed by atoms with E-state index in [9.17, 15) is 0 Å². The van der Waals surface area contributed by atoms with Crippen LogP contribution in [0.3, 0.4) is 0 Å². The van der Waals surface area contributed by atoms with Crippen molar-refractivity contribution in [3.05, 3.63) is 0 Å². The van der Waals surface area contributed by atoms with Gasteiger partial charge in [0.25, 0.3) is 0 Å². The molecule has 0 saturated heterocycles. The van der Waals surface area contributed by atoms with Gasteiger partial charge in [-0.3, -0.25) is 0 Å². The summed E-state index contributed by atoms with van der Waals surface area (Å²) in [6.45, 7) is 0. The first-order chi connectivity index (χ1) is 0. The Morgan fingerprint density at radius 3 is 0.375 bits per heavy atom. The molecular weight excluding hydrogens is 336 g/mol. The van der Waals surface area contributed by atoms with Crippen molar-refractivity contribution in [2.24, 2.45) is 0 Å². The molecule has 0 radical (unpaired) electrons. The molecule has 0 unspecified atom stereocenters. The van der Waals surface area contributed by atoms with E-state index in [0.717, 1.165) is 0 Å². The Hall–Kier alpha value is 3.09. The van der Waals surface area contributed by atoms with Crippen LogP contribution < -0.4 is 0 Å². The molecule has 0 aromatic carbocycles. The van der Waals surface area contributed by atoms with E-state index in [1.807, 2.05) is 0 Å². The topological polar surface area (TPSA) is 31.5 Å². The molecule has 0 saturated carbocycles. The molecule has 1 nitrogen and oxygen atoms in total. The van der Waals surface area contributed by atoms with Gasteiger partial charge >= 0.3 is 0 Å². The summed E-state index contributed by atoms with van der Waals surface area (Å²) in [5.41, 5.74) is 0. The molecule has 0 spiro atoms. The molecule has 0 aromatic heterocycles. The molecule has 0 aliphatic rings. The second kappa shape index (κ2) is 87.4. The summed E-state index contributed by atoms with van der Waals surface area (Å²) in [7, 11) is 0. The summed E-state index contributed by atoms with van der Waals surface area (Å²) in [4.78, 5) is 0. The van der Waals surface area contributed by atoms with Gasteiger partial charge in [-0.25, -0.2) is 0 Å². The monoisotopic (exact) mass is 341 g/mol. The minimum absolute atomic E-state index is 0. The van der Waals surface area contributed by atoms with E-state index < -0.39 is 0 Å². The number of thiol groups is 3. The first kappa shape index (κ1) is 118. The largest absolute Gasteiger partial charge is 0.813 e. The second-order valence-electron chi connectivity index (χ2n) is 0. The van der Waals surface area contributed by atoms with Crippen LogP contribution in [0.5, 0.6) is 0 Å². The van der Waals surface area contributed by atoms with Gasteiger partial charge in [0, 0.05) is 68.3 Å². The maximum absolute atomic E-state index is 0. The average Bonchev–Trinajstić information content (AvgIpc) is 0. The fourth-order valence-electron chi connectivity index (χ4n) is 0. The maximum atomic E-state index is 0. The molecule has 64 valence electrons. The molecule has 0 atom stereocenters. The van der Waals surface area contributed by atoms with E-state index in [-0.39, 0.29) is 114 Å². The van der Waals surface area contributed by atoms with Gasteiger partial charge in [0.1, 0.15) is 0 Å². The normalized spacial score (nSPS) is 0. The maximum Gasteiger partial charge on any atom is 0 e. The Kier molecular flexibility index (Phi) is 1290. The van der Waals surface area contributed by atoms with Gasteiger partial charge in [0.05, 0.1) is 0 Å². The summed E-state index contributed by atoms with van der Waals surface area (Å²) in [6.07, 6.45) is 0. The number of hydrogen-bond acceptors (Lipinski definition) is 3. The smallest absolute Gasteiger partial charge is 0 e. The predicted molar refractivity (Wildman–Crippen MR) is 29.9 cm³/mol. The van der Waals surface area contributed by atoms with Crippen LogP contribution in [0, 0.1) is 0 Å². The van der Waals surface area contributed by atoms with Crippen LogP contribution in [0.15, 0.2) is 0 Å². The van der Waals surface area contributed by atoms with E-state index in [1.165, 1.54) is 0 Å². The fraction of sp³-hybridized carbons (Fsp3) is 0. The van der Waals surface area contributed by atoms with Crippen LogP contribution >= 0.6 is 0 Å². The molecule has 8 heavy (non-hydrogen) atoms. The summed E-state index contributed by atoms with van der Waals surface area (Å²) < 4.78 is 0. The van der Waals surface area contributed by atoms with Gasteiger partial charge in [0.15, 0.2) is 0 Å². The van der Waals surface area contributed by atoms with Crippen LogP contribution in [0.4, 0.5) is 0 Å². The van der Waals surface area contributed by atoms with Crippen LogP contribution in [-0.4, -0.2) is 5.48 Å². The number of hydrogen-bond donors (Lipinski definition) is 0. The van der Waals surface area contributed by atoms with Crippen molar-refractivity contribution in [3.8, 4) is 0 Å². The first-order valence-corrected chi connectivity index (χ1v) is 0. The summed E-state index contributed by atoms with van der Waals surface area (Å²) in [6, 6.07) is 0. The molecule has 2 N–H and O–H groups in total. The molecule has 0 aliphatic carbocycles. The minimum atomic E-state index is 0. The fourth-order valence-corrected chi connectivity index (χ4v) is 0. The van der Waals surface area contributed by atoms with Crippen molar-refractivity contribution >= 4 is 40.5 Å². The minimum Gasteiger partial charge on any atom is -0.813 e. The zero-order valence-corrected chi connectivity index (χ0v) is 10.4. The Labute approximate surface area is 113 Å². The number of rotatable bonds is 0. The molecule has 0 amide bonds. The van der Waals surface area contributed by atoms with Crippen LogP contribution in [0.2, 0.25) is 0 Å². The molecule has 0 heterocycles. The molecule has 0 aliphatic heterocycles. The Morgan fingerprint density at radius 1 is 0.375 bits per heavy atom. The van der Waals surface area contributed by atoms with Gasteiger partial charge < -0.3 is 46.0 Å². The van der Waals surface area contributed by atoms with Gasteiger partial charge in [-0.05, 0) is 0 Å². The second-order valence-corrected chi connectivity index (χ2v) is 0. The SMILES string of the molecule is O.[Fe].[Fe].[Fe].[Fe].[SH-].[SH-].[SH-]. The molecule has 0 fully saturated rings. The van der Waals surface area contributed by atoms with E-state index in [1.54, 1.807) is 0 Å². The van der Waals surface area contributed by atoms with Gasteiger partial charge in [-0.2, -0.15) is 0 Å². The zero-order valence-electron chi connectivity index (χ0n) is 3.26. The standard InChI is InChI=1S/4Fe.H2O.3H2S/h;;;;4*1H2/p-3. The molecular formula is H5Fe4OS3-3. The summed E-state index contributed by atoms with van der Waals surface area (Å²) in [5.74, 6) is 0. The quantitative estimate of drug-likeness (QED) is 0.301. The average molecular weight is 341 g/mol. The van der Waals surface area contributed by atoms with E-state index >= 15 is 0 Å². The van der Waals surface area contributed by atoms with Crippen LogP contribution in [0.1, 0.15) is 0 Å². The third-order valence-corrected chi connectivity index (χ3v) is 0. The predicted octanol–water partition coefficient (Wildman–Crippen LogP) is -1.65. The van der Waals surface area contributed by atoms with Crippen LogP contribution in [-0.2, 0) is 109 Å². The van der Waals surface area contributed by atoms with Gasteiger partial charge in [-0.1, -0.05) is 0 Å². The van der Waals surface area contributed by atoms with Crippen molar-refractivity contribution < 1.29 is 73.8 Å². The van der Waals surface area contributed by atoms with E-state index in [2.05, 4.69) is 0 Å². The van der Waals surface area contributed by atoms with E-state index in [0.29, 0.717) is 0 Å². The summed E-state index contributed by atoms with van der Waals surface area (Å²) >= 11 is 0. The summed E-state index contributed by atoms with van der Waals surface area (Å²) in [5, 5.41) is 0. The van der Waals surface area contributed by atoms with Crippen molar-refractivity contribution in [1.82, 2.24) is 0 Å². The van der Waals surface area contributed by atoms with Crippen molar-refractivity contribution in [2.75, 3.05) is 0 Å².